The lowest BCUT2D eigenvalue weighted by molar-refractivity contribution is 0.0687. The lowest BCUT2D eigenvalue weighted by atomic mass is 10.2. The van der Waals surface area contributed by atoms with Gasteiger partial charge in [0, 0.05) is 6.20 Å². The summed E-state index contributed by atoms with van der Waals surface area (Å²) in [6, 6.07) is 10.8. The number of rotatable bonds is 4. The summed E-state index contributed by atoms with van der Waals surface area (Å²) in [5, 5.41) is 9.00. The summed E-state index contributed by atoms with van der Waals surface area (Å²) in [4.78, 5) is 14.8. The van der Waals surface area contributed by atoms with Gasteiger partial charge in [-0.2, -0.15) is 0 Å². The third kappa shape index (κ3) is 2.66. The Hall–Kier alpha value is -2.36. The van der Waals surface area contributed by atoms with Gasteiger partial charge in [0.2, 0.25) is 0 Å². The molecule has 18 heavy (non-hydrogen) atoms. The second kappa shape index (κ2) is 5.31. The molecule has 0 amide bonds. The molecule has 2 rings (SSSR count). The van der Waals surface area contributed by atoms with Crippen molar-refractivity contribution in [2.45, 2.75) is 13.3 Å². The topological polar surface area (TPSA) is 59.4 Å². The first-order valence-electron chi connectivity index (χ1n) is 5.66. The van der Waals surface area contributed by atoms with Crippen molar-refractivity contribution in [3.05, 3.63) is 53.9 Å². The molecule has 0 bridgehead atoms. The number of aromatic carboxylic acids is 1. The van der Waals surface area contributed by atoms with Crippen LogP contribution in [0.3, 0.4) is 0 Å². The summed E-state index contributed by atoms with van der Waals surface area (Å²) in [5.74, 6) is -0.236. The molecule has 0 fully saturated rings. The molecule has 1 aromatic heterocycles. The van der Waals surface area contributed by atoms with Crippen LogP contribution in [0.15, 0.2) is 42.6 Å². The molecule has 92 valence electrons. The molecule has 1 heterocycles. The smallest absolute Gasteiger partial charge is 0.358 e. The van der Waals surface area contributed by atoms with Gasteiger partial charge in [0.25, 0.3) is 0 Å². The highest BCUT2D eigenvalue weighted by Crippen LogP contribution is 2.24. The Bertz CT molecular complexity index is 566. The fraction of sp³-hybridized carbons (Fsp3) is 0.143. The standard InChI is InChI=1S/C14H13NO3/c1-2-10-5-3-6-11(9-10)18-12-7-4-8-15-13(12)14(16)17/h3-9H,2H2,1H3,(H,16,17). The number of carboxylic acid groups (broad SMARTS) is 1. The van der Waals surface area contributed by atoms with E-state index in [0.717, 1.165) is 12.0 Å². The number of carbonyl (C=O) groups is 1. The number of benzene rings is 1. The van der Waals surface area contributed by atoms with Crippen LogP contribution < -0.4 is 4.74 Å². The van der Waals surface area contributed by atoms with Gasteiger partial charge < -0.3 is 9.84 Å². The minimum atomic E-state index is -1.10. The van der Waals surface area contributed by atoms with E-state index in [2.05, 4.69) is 4.98 Å². The molecule has 0 spiro atoms. The number of carboxylic acids is 1. The number of hydrogen-bond acceptors (Lipinski definition) is 3. The van der Waals surface area contributed by atoms with E-state index < -0.39 is 5.97 Å². The lowest BCUT2D eigenvalue weighted by Gasteiger charge is -2.08. The normalized spacial score (nSPS) is 10.1. The number of aryl methyl sites for hydroxylation is 1. The molecule has 0 aliphatic heterocycles. The number of pyridine rings is 1. The molecule has 1 aromatic carbocycles. The molecular formula is C14H13NO3. The van der Waals surface area contributed by atoms with Crippen LogP contribution in [0.5, 0.6) is 11.5 Å². The van der Waals surface area contributed by atoms with Crippen molar-refractivity contribution < 1.29 is 14.6 Å². The first-order valence-corrected chi connectivity index (χ1v) is 5.66. The van der Waals surface area contributed by atoms with Gasteiger partial charge in [0.15, 0.2) is 11.4 Å². The molecule has 2 aromatic rings. The second-order valence-corrected chi connectivity index (χ2v) is 3.76. The lowest BCUT2D eigenvalue weighted by Crippen LogP contribution is -2.02. The molecule has 0 atom stereocenters. The minimum absolute atomic E-state index is 0.0839. The third-order valence-corrected chi connectivity index (χ3v) is 2.51. The molecule has 0 aliphatic rings. The van der Waals surface area contributed by atoms with Crippen LogP contribution in [0.2, 0.25) is 0 Å². The maximum Gasteiger partial charge on any atom is 0.358 e. The zero-order chi connectivity index (χ0) is 13.0. The van der Waals surface area contributed by atoms with E-state index in [9.17, 15) is 4.79 Å². The van der Waals surface area contributed by atoms with Crippen molar-refractivity contribution in [2.24, 2.45) is 0 Å². The highest BCUT2D eigenvalue weighted by atomic mass is 16.5. The van der Waals surface area contributed by atoms with Crippen LogP contribution >= 0.6 is 0 Å². The average Bonchev–Trinajstić information content (AvgIpc) is 2.39. The van der Waals surface area contributed by atoms with Gasteiger partial charge in [0.05, 0.1) is 0 Å². The number of ether oxygens (including phenoxy) is 1. The Morgan fingerprint density at radius 3 is 2.89 bits per heavy atom. The summed E-state index contributed by atoms with van der Waals surface area (Å²) in [6.07, 6.45) is 2.33. The Labute approximate surface area is 105 Å². The van der Waals surface area contributed by atoms with Gasteiger partial charge in [-0.3, -0.25) is 0 Å². The molecular weight excluding hydrogens is 230 g/mol. The van der Waals surface area contributed by atoms with Crippen molar-refractivity contribution in [2.75, 3.05) is 0 Å². The van der Waals surface area contributed by atoms with E-state index in [1.165, 1.54) is 6.20 Å². The largest absolute Gasteiger partial charge is 0.476 e. The van der Waals surface area contributed by atoms with Crippen LogP contribution in [0.4, 0.5) is 0 Å². The number of hydrogen-bond donors (Lipinski definition) is 1. The summed E-state index contributed by atoms with van der Waals surface area (Å²) < 4.78 is 5.57. The van der Waals surface area contributed by atoms with Crippen molar-refractivity contribution in [1.29, 1.82) is 0 Å². The maximum atomic E-state index is 11.0. The minimum Gasteiger partial charge on any atom is -0.476 e. The molecule has 0 saturated carbocycles. The van der Waals surface area contributed by atoms with Crippen LogP contribution in [-0.2, 0) is 6.42 Å². The van der Waals surface area contributed by atoms with E-state index in [4.69, 9.17) is 9.84 Å². The van der Waals surface area contributed by atoms with Gasteiger partial charge >= 0.3 is 5.97 Å². The highest BCUT2D eigenvalue weighted by molar-refractivity contribution is 5.88. The summed E-state index contributed by atoms with van der Waals surface area (Å²) in [7, 11) is 0. The van der Waals surface area contributed by atoms with Crippen LogP contribution in [-0.4, -0.2) is 16.1 Å². The summed E-state index contributed by atoms with van der Waals surface area (Å²) >= 11 is 0. The first-order chi connectivity index (χ1) is 8.70. The van der Waals surface area contributed by atoms with E-state index in [0.29, 0.717) is 5.75 Å². The summed E-state index contributed by atoms with van der Waals surface area (Å²) in [5.41, 5.74) is 1.05. The molecule has 0 saturated heterocycles. The van der Waals surface area contributed by atoms with Crippen LogP contribution in [0.1, 0.15) is 23.0 Å². The average molecular weight is 243 g/mol. The van der Waals surface area contributed by atoms with E-state index in [1.54, 1.807) is 18.2 Å². The Morgan fingerprint density at radius 1 is 1.33 bits per heavy atom. The Kier molecular flexibility index (Phi) is 3.57. The Morgan fingerprint density at radius 2 is 2.17 bits per heavy atom. The Balaban J connectivity index is 2.31. The predicted molar refractivity (Wildman–Crippen MR) is 67.1 cm³/mol. The first kappa shape index (κ1) is 12.1. The van der Waals surface area contributed by atoms with Crippen molar-refractivity contribution in [3.63, 3.8) is 0 Å². The molecule has 0 unspecified atom stereocenters. The van der Waals surface area contributed by atoms with E-state index >= 15 is 0 Å². The molecule has 0 aliphatic carbocycles. The van der Waals surface area contributed by atoms with Gasteiger partial charge in [-0.15, -0.1) is 0 Å². The van der Waals surface area contributed by atoms with E-state index in [-0.39, 0.29) is 11.4 Å². The van der Waals surface area contributed by atoms with Gasteiger partial charge in [-0.1, -0.05) is 19.1 Å². The monoisotopic (exact) mass is 243 g/mol. The fourth-order valence-electron chi connectivity index (χ4n) is 1.59. The van der Waals surface area contributed by atoms with Crippen molar-refractivity contribution >= 4 is 5.97 Å². The molecule has 1 N–H and O–H groups in total. The van der Waals surface area contributed by atoms with E-state index in [1.807, 2.05) is 25.1 Å². The third-order valence-electron chi connectivity index (χ3n) is 2.51. The molecule has 4 heteroatoms. The van der Waals surface area contributed by atoms with Crippen LogP contribution in [0.25, 0.3) is 0 Å². The zero-order valence-electron chi connectivity index (χ0n) is 9.96. The zero-order valence-corrected chi connectivity index (χ0v) is 9.96. The van der Waals surface area contributed by atoms with Gasteiger partial charge in [-0.05, 0) is 36.2 Å². The summed E-state index contributed by atoms with van der Waals surface area (Å²) in [6.45, 7) is 2.05. The maximum absolute atomic E-state index is 11.0. The van der Waals surface area contributed by atoms with Gasteiger partial charge in [-0.25, -0.2) is 9.78 Å². The molecule has 0 radical (unpaired) electrons. The van der Waals surface area contributed by atoms with Crippen molar-refractivity contribution in [3.8, 4) is 11.5 Å². The molecule has 4 nitrogen and oxygen atoms in total. The number of aromatic nitrogens is 1. The SMILES string of the molecule is CCc1cccc(Oc2cccnc2C(=O)O)c1. The quantitative estimate of drug-likeness (QED) is 0.896. The van der Waals surface area contributed by atoms with Crippen LogP contribution in [0, 0.1) is 0 Å². The second-order valence-electron chi connectivity index (χ2n) is 3.76. The predicted octanol–water partition coefficient (Wildman–Crippen LogP) is 3.13. The van der Waals surface area contributed by atoms with Gasteiger partial charge in [0.1, 0.15) is 5.75 Å². The number of nitrogens with zero attached hydrogens (tertiary/aromatic N) is 1. The van der Waals surface area contributed by atoms with Crippen molar-refractivity contribution in [1.82, 2.24) is 4.98 Å². The highest BCUT2D eigenvalue weighted by Gasteiger charge is 2.12. The fourth-order valence-corrected chi connectivity index (χ4v) is 1.59.